The fraction of sp³-hybridized carbons (Fsp3) is 0.625. The second kappa shape index (κ2) is 8.15. The van der Waals surface area contributed by atoms with Crippen molar-refractivity contribution in [3.8, 4) is 5.75 Å². The van der Waals surface area contributed by atoms with Crippen molar-refractivity contribution in [3.63, 3.8) is 0 Å². The SMILES string of the molecule is CCCC(CC)NCc1ccccc1OC(C)C. The maximum Gasteiger partial charge on any atom is 0.124 e. The molecule has 0 bridgehead atoms. The third-order valence-electron chi connectivity index (χ3n) is 3.05. The largest absolute Gasteiger partial charge is 0.491 e. The zero-order chi connectivity index (χ0) is 13.4. The van der Waals surface area contributed by atoms with E-state index >= 15 is 0 Å². The van der Waals surface area contributed by atoms with Crippen LogP contribution in [0.15, 0.2) is 24.3 Å². The first kappa shape index (κ1) is 15.0. The van der Waals surface area contributed by atoms with Crippen LogP contribution in [0.5, 0.6) is 5.75 Å². The lowest BCUT2D eigenvalue weighted by Gasteiger charge is -2.18. The maximum absolute atomic E-state index is 5.83. The van der Waals surface area contributed by atoms with Crippen LogP contribution in [0.1, 0.15) is 52.5 Å². The maximum atomic E-state index is 5.83. The van der Waals surface area contributed by atoms with Gasteiger partial charge in [0.1, 0.15) is 5.75 Å². The van der Waals surface area contributed by atoms with Crippen molar-refractivity contribution < 1.29 is 4.74 Å². The highest BCUT2D eigenvalue weighted by molar-refractivity contribution is 5.33. The van der Waals surface area contributed by atoms with Crippen molar-refractivity contribution in [2.24, 2.45) is 0 Å². The number of benzene rings is 1. The Kier molecular flexibility index (Phi) is 6.81. The molecular weight excluding hydrogens is 222 g/mol. The molecule has 1 N–H and O–H groups in total. The van der Waals surface area contributed by atoms with E-state index in [1.54, 1.807) is 0 Å². The van der Waals surface area contributed by atoms with Crippen LogP contribution >= 0.6 is 0 Å². The summed E-state index contributed by atoms with van der Waals surface area (Å²) in [7, 11) is 0. The Morgan fingerprint density at radius 3 is 2.50 bits per heavy atom. The minimum atomic E-state index is 0.226. The quantitative estimate of drug-likeness (QED) is 0.747. The van der Waals surface area contributed by atoms with E-state index in [-0.39, 0.29) is 6.10 Å². The molecule has 0 radical (unpaired) electrons. The summed E-state index contributed by atoms with van der Waals surface area (Å²) in [6, 6.07) is 8.92. The van der Waals surface area contributed by atoms with Crippen molar-refractivity contribution >= 4 is 0 Å². The molecule has 2 heteroatoms. The lowest BCUT2D eigenvalue weighted by molar-refractivity contribution is 0.239. The topological polar surface area (TPSA) is 21.3 Å². The molecule has 0 saturated carbocycles. The summed E-state index contributed by atoms with van der Waals surface area (Å²) < 4.78 is 5.83. The zero-order valence-corrected chi connectivity index (χ0v) is 12.2. The van der Waals surface area contributed by atoms with Gasteiger partial charge in [-0.3, -0.25) is 0 Å². The molecule has 1 atom stereocenters. The Labute approximate surface area is 112 Å². The van der Waals surface area contributed by atoms with Crippen molar-refractivity contribution in [1.29, 1.82) is 0 Å². The Morgan fingerprint density at radius 2 is 1.89 bits per heavy atom. The van der Waals surface area contributed by atoms with Gasteiger partial charge in [0.05, 0.1) is 6.10 Å². The average molecular weight is 249 g/mol. The van der Waals surface area contributed by atoms with E-state index in [0.717, 1.165) is 12.3 Å². The summed E-state index contributed by atoms with van der Waals surface area (Å²) in [6.45, 7) is 9.50. The smallest absolute Gasteiger partial charge is 0.124 e. The van der Waals surface area contributed by atoms with Crippen molar-refractivity contribution in [3.05, 3.63) is 29.8 Å². The lowest BCUT2D eigenvalue weighted by Crippen LogP contribution is -2.28. The van der Waals surface area contributed by atoms with Gasteiger partial charge >= 0.3 is 0 Å². The zero-order valence-electron chi connectivity index (χ0n) is 12.2. The van der Waals surface area contributed by atoms with Crippen LogP contribution < -0.4 is 10.1 Å². The summed E-state index contributed by atoms with van der Waals surface area (Å²) in [5.74, 6) is 1.01. The third kappa shape index (κ3) is 5.09. The van der Waals surface area contributed by atoms with E-state index in [4.69, 9.17) is 4.74 Å². The molecule has 1 rings (SSSR count). The first-order valence-electron chi connectivity index (χ1n) is 7.15. The molecule has 0 aliphatic carbocycles. The van der Waals surface area contributed by atoms with Gasteiger partial charge in [-0.05, 0) is 32.8 Å². The van der Waals surface area contributed by atoms with Crippen molar-refractivity contribution in [2.45, 2.75) is 65.6 Å². The number of para-hydroxylation sites is 1. The van der Waals surface area contributed by atoms with Crippen LogP contribution in [0.25, 0.3) is 0 Å². The monoisotopic (exact) mass is 249 g/mol. The van der Waals surface area contributed by atoms with Gasteiger partial charge in [0, 0.05) is 18.2 Å². The van der Waals surface area contributed by atoms with Crippen LogP contribution in [0.3, 0.4) is 0 Å². The van der Waals surface area contributed by atoms with Crippen LogP contribution in [-0.4, -0.2) is 12.1 Å². The molecule has 102 valence electrons. The molecule has 18 heavy (non-hydrogen) atoms. The molecule has 0 fully saturated rings. The van der Waals surface area contributed by atoms with Gasteiger partial charge in [0.15, 0.2) is 0 Å². The lowest BCUT2D eigenvalue weighted by atomic mass is 10.1. The number of hydrogen-bond donors (Lipinski definition) is 1. The van der Waals surface area contributed by atoms with Gasteiger partial charge in [-0.2, -0.15) is 0 Å². The Morgan fingerprint density at radius 1 is 1.17 bits per heavy atom. The van der Waals surface area contributed by atoms with E-state index in [1.165, 1.54) is 24.8 Å². The van der Waals surface area contributed by atoms with E-state index in [9.17, 15) is 0 Å². The first-order chi connectivity index (χ1) is 8.67. The normalized spacial score (nSPS) is 12.7. The van der Waals surface area contributed by atoms with Crippen molar-refractivity contribution in [2.75, 3.05) is 0 Å². The molecule has 1 unspecified atom stereocenters. The van der Waals surface area contributed by atoms with E-state index in [1.807, 2.05) is 6.07 Å². The Balaban J connectivity index is 2.60. The number of nitrogens with one attached hydrogen (secondary N) is 1. The highest BCUT2D eigenvalue weighted by Gasteiger charge is 2.08. The summed E-state index contributed by atoms with van der Waals surface area (Å²) in [5, 5.41) is 3.62. The van der Waals surface area contributed by atoms with Crippen LogP contribution in [0, 0.1) is 0 Å². The molecule has 1 aromatic carbocycles. The van der Waals surface area contributed by atoms with Gasteiger partial charge in [-0.25, -0.2) is 0 Å². The predicted octanol–water partition coefficient (Wildman–Crippen LogP) is 4.14. The second-order valence-corrected chi connectivity index (χ2v) is 5.05. The second-order valence-electron chi connectivity index (χ2n) is 5.05. The molecular formula is C16H27NO. The van der Waals surface area contributed by atoms with Gasteiger partial charge < -0.3 is 10.1 Å². The minimum absolute atomic E-state index is 0.226. The molecule has 0 heterocycles. The Hall–Kier alpha value is -1.02. The summed E-state index contributed by atoms with van der Waals surface area (Å²) in [5.41, 5.74) is 1.25. The fourth-order valence-electron chi connectivity index (χ4n) is 2.07. The van der Waals surface area contributed by atoms with Crippen LogP contribution in [0.2, 0.25) is 0 Å². The van der Waals surface area contributed by atoms with Gasteiger partial charge in [-0.1, -0.05) is 38.5 Å². The molecule has 1 aromatic rings. The Bertz CT molecular complexity index is 336. The number of hydrogen-bond acceptors (Lipinski definition) is 2. The van der Waals surface area contributed by atoms with Crippen LogP contribution in [-0.2, 0) is 6.54 Å². The van der Waals surface area contributed by atoms with Gasteiger partial charge in [-0.15, -0.1) is 0 Å². The minimum Gasteiger partial charge on any atom is -0.491 e. The average Bonchev–Trinajstić information content (AvgIpc) is 2.35. The van der Waals surface area contributed by atoms with E-state index in [2.05, 4.69) is 51.2 Å². The summed E-state index contributed by atoms with van der Waals surface area (Å²) in [4.78, 5) is 0. The number of ether oxygens (including phenoxy) is 1. The predicted molar refractivity (Wildman–Crippen MR) is 78.0 cm³/mol. The van der Waals surface area contributed by atoms with Crippen molar-refractivity contribution in [1.82, 2.24) is 5.32 Å². The first-order valence-corrected chi connectivity index (χ1v) is 7.15. The van der Waals surface area contributed by atoms with E-state index < -0.39 is 0 Å². The third-order valence-corrected chi connectivity index (χ3v) is 3.05. The molecule has 0 aliphatic rings. The summed E-state index contributed by atoms with van der Waals surface area (Å²) >= 11 is 0. The van der Waals surface area contributed by atoms with Gasteiger partial charge in [0.2, 0.25) is 0 Å². The molecule has 0 aliphatic heterocycles. The summed E-state index contributed by atoms with van der Waals surface area (Å²) in [6.07, 6.45) is 3.88. The molecule has 0 spiro atoms. The fourth-order valence-corrected chi connectivity index (χ4v) is 2.07. The highest BCUT2D eigenvalue weighted by atomic mass is 16.5. The highest BCUT2D eigenvalue weighted by Crippen LogP contribution is 2.19. The molecule has 0 amide bonds. The van der Waals surface area contributed by atoms with Crippen LogP contribution in [0.4, 0.5) is 0 Å². The molecule has 0 saturated heterocycles. The van der Waals surface area contributed by atoms with Gasteiger partial charge in [0.25, 0.3) is 0 Å². The standard InChI is InChI=1S/C16H27NO/c1-5-9-15(6-2)17-12-14-10-7-8-11-16(14)18-13(3)4/h7-8,10-11,13,15,17H,5-6,9,12H2,1-4H3. The number of rotatable bonds is 8. The molecule has 0 aromatic heterocycles. The molecule has 2 nitrogen and oxygen atoms in total. The van der Waals surface area contributed by atoms with E-state index in [0.29, 0.717) is 6.04 Å².